The van der Waals surface area contributed by atoms with Crippen molar-refractivity contribution >= 4 is 12.2 Å². The normalized spacial score (nSPS) is 10.0. The summed E-state index contributed by atoms with van der Waals surface area (Å²) in [6.07, 6.45) is 2.55. The van der Waals surface area contributed by atoms with Gasteiger partial charge in [0.25, 0.3) is 0 Å². The number of rotatable bonds is 3. The van der Waals surface area contributed by atoms with Crippen LogP contribution in [0.2, 0.25) is 0 Å². The SMILES string of the molecule is CCC=NCC(=O)OC. The largest absolute Gasteiger partial charge is 0.468 e. The number of aliphatic imine (C=N–C) groups is 1. The minimum absolute atomic E-state index is 0.143. The number of methoxy groups -OCH3 is 1. The van der Waals surface area contributed by atoms with Gasteiger partial charge < -0.3 is 4.74 Å². The molecule has 0 unspecified atom stereocenters. The molecular formula is C6H11NO2. The van der Waals surface area contributed by atoms with E-state index in [1.165, 1.54) is 7.11 Å². The number of nitrogens with zero attached hydrogens (tertiary/aromatic N) is 1. The van der Waals surface area contributed by atoms with Crippen molar-refractivity contribution in [1.82, 2.24) is 0 Å². The molecule has 0 N–H and O–H groups in total. The standard InChI is InChI=1S/C6H11NO2/c1-3-4-7-5-6(8)9-2/h4H,3,5H2,1-2H3. The smallest absolute Gasteiger partial charge is 0.327 e. The molecule has 0 saturated heterocycles. The lowest BCUT2D eigenvalue weighted by Gasteiger charge is -1.90. The van der Waals surface area contributed by atoms with Crippen molar-refractivity contribution in [2.75, 3.05) is 13.7 Å². The Balaban J connectivity index is 3.26. The molecule has 52 valence electrons. The minimum atomic E-state index is -0.292. The van der Waals surface area contributed by atoms with Gasteiger partial charge in [0.05, 0.1) is 7.11 Å². The summed E-state index contributed by atoms with van der Waals surface area (Å²) in [5.41, 5.74) is 0. The first-order chi connectivity index (χ1) is 4.31. The fourth-order valence-corrected chi connectivity index (χ4v) is 0.333. The Bertz CT molecular complexity index is 110. The molecule has 0 radical (unpaired) electrons. The summed E-state index contributed by atoms with van der Waals surface area (Å²) >= 11 is 0. The average Bonchev–Trinajstić information content (AvgIpc) is 1.89. The van der Waals surface area contributed by atoms with E-state index in [0.717, 1.165) is 6.42 Å². The third-order valence-corrected chi connectivity index (χ3v) is 0.760. The maximum absolute atomic E-state index is 10.4. The van der Waals surface area contributed by atoms with Crippen LogP contribution in [0.25, 0.3) is 0 Å². The molecule has 0 aromatic carbocycles. The molecule has 0 aliphatic rings. The van der Waals surface area contributed by atoms with Gasteiger partial charge in [0.2, 0.25) is 0 Å². The first kappa shape index (κ1) is 8.14. The Hall–Kier alpha value is -0.860. The van der Waals surface area contributed by atoms with Crippen molar-refractivity contribution in [3.63, 3.8) is 0 Å². The fraction of sp³-hybridized carbons (Fsp3) is 0.667. The maximum Gasteiger partial charge on any atom is 0.327 e. The molecule has 9 heavy (non-hydrogen) atoms. The first-order valence-electron chi connectivity index (χ1n) is 2.86. The lowest BCUT2D eigenvalue weighted by atomic mass is 10.5. The van der Waals surface area contributed by atoms with E-state index >= 15 is 0 Å². The molecule has 0 aromatic rings. The first-order valence-corrected chi connectivity index (χ1v) is 2.86. The van der Waals surface area contributed by atoms with Crippen LogP contribution in [0.4, 0.5) is 0 Å². The second-order valence-corrected chi connectivity index (χ2v) is 1.51. The van der Waals surface area contributed by atoms with Crippen LogP contribution in [0, 0.1) is 0 Å². The van der Waals surface area contributed by atoms with Gasteiger partial charge in [-0.25, -0.2) is 0 Å². The fourth-order valence-electron chi connectivity index (χ4n) is 0.333. The Morgan fingerprint density at radius 2 is 2.44 bits per heavy atom. The van der Waals surface area contributed by atoms with Gasteiger partial charge in [-0.1, -0.05) is 6.92 Å². The summed E-state index contributed by atoms with van der Waals surface area (Å²) < 4.78 is 4.34. The van der Waals surface area contributed by atoms with E-state index in [-0.39, 0.29) is 12.5 Å². The topological polar surface area (TPSA) is 38.7 Å². The van der Waals surface area contributed by atoms with Gasteiger partial charge in [0, 0.05) is 0 Å². The van der Waals surface area contributed by atoms with Crippen molar-refractivity contribution in [1.29, 1.82) is 0 Å². The molecule has 0 aliphatic carbocycles. The van der Waals surface area contributed by atoms with Crippen molar-refractivity contribution in [3.8, 4) is 0 Å². The zero-order chi connectivity index (χ0) is 7.11. The summed E-state index contributed by atoms with van der Waals surface area (Å²) in [5, 5.41) is 0. The molecule has 0 amide bonds. The van der Waals surface area contributed by atoms with Crippen molar-refractivity contribution in [3.05, 3.63) is 0 Å². The summed E-state index contributed by atoms with van der Waals surface area (Å²) in [4.78, 5) is 14.1. The van der Waals surface area contributed by atoms with Gasteiger partial charge in [-0.3, -0.25) is 9.79 Å². The molecule has 0 bridgehead atoms. The molecule has 0 aromatic heterocycles. The maximum atomic E-state index is 10.4. The van der Waals surface area contributed by atoms with Crippen molar-refractivity contribution < 1.29 is 9.53 Å². The molecule has 3 nitrogen and oxygen atoms in total. The number of carbonyl (C=O) groups excluding carboxylic acids is 1. The van der Waals surface area contributed by atoms with E-state index in [9.17, 15) is 4.79 Å². The van der Waals surface area contributed by atoms with Gasteiger partial charge in [-0.05, 0) is 12.6 Å². The third-order valence-electron chi connectivity index (χ3n) is 0.760. The quantitative estimate of drug-likeness (QED) is 0.414. The van der Waals surface area contributed by atoms with Gasteiger partial charge in [0.1, 0.15) is 6.54 Å². The lowest BCUT2D eigenvalue weighted by molar-refractivity contribution is -0.138. The molecular weight excluding hydrogens is 118 g/mol. The van der Waals surface area contributed by atoms with E-state index in [4.69, 9.17) is 0 Å². The zero-order valence-electron chi connectivity index (χ0n) is 5.76. The van der Waals surface area contributed by atoms with E-state index < -0.39 is 0 Å². The van der Waals surface area contributed by atoms with Gasteiger partial charge in [0.15, 0.2) is 0 Å². The van der Waals surface area contributed by atoms with E-state index in [1.54, 1.807) is 6.21 Å². The lowest BCUT2D eigenvalue weighted by Crippen LogP contribution is -2.03. The summed E-state index contributed by atoms with van der Waals surface area (Å²) in [5.74, 6) is -0.292. The van der Waals surface area contributed by atoms with Crippen molar-refractivity contribution in [2.24, 2.45) is 4.99 Å². The Morgan fingerprint density at radius 1 is 1.78 bits per heavy atom. The third kappa shape index (κ3) is 5.00. The highest BCUT2D eigenvalue weighted by molar-refractivity contribution is 5.73. The molecule has 3 heteroatoms. The molecule has 0 aliphatic heterocycles. The number of hydrogen-bond acceptors (Lipinski definition) is 3. The van der Waals surface area contributed by atoms with Gasteiger partial charge >= 0.3 is 5.97 Å². The predicted molar refractivity (Wildman–Crippen MR) is 35.7 cm³/mol. The van der Waals surface area contributed by atoms with Crippen LogP contribution in [-0.2, 0) is 9.53 Å². The molecule has 0 atom stereocenters. The average molecular weight is 129 g/mol. The Morgan fingerprint density at radius 3 is 2.89 bits per heavy atom. The molecule has 0 heterocycles. The number of hydrogen-bond donors (Lipinski definition) is 0. The molecule has 0 spiro atoms. The monoisotopic (exact) mass is 129 g/mol. The van der Waals surface area contributed by atoms with E-state index in [1.807, 2.05) is 6.92 Å². The van der Waals surface area contributed by atoms with E-state index in [0.29, 0.717) is 0 Å². The number of esters is 1. The Labute approximate surface area is 54.7 Å². The summed E-state index contributed by atoms with van der Waals surface area (Å²) in [6, 6.07) is 0. The number of ether oxygens (including phenoxy) is 1. The highest BCUT2D eigenvalue weighted by Crippen LogP contribution is 1.75. The van der Waals surface area contributed by atoms with Crippen molar-refractivity contribution in [2.45, 2.75) is 13.3 Å². The second-order valence-electron chi connectivity index (χ2n) is 1.51. The molecule has 0 saturated carbocycles. The van der Waals surface area contributed by atoms with Crippen LogP contribution >= 0.6 is 0 Å². The van der Waals surface area contributed by atoms with Crippen LogP contribution in [-0.4, -0.2) is 25.8 Å². The summed E-state index contributed by atoms with van der Waals surface area (Å²) in [6.45, 7) is 2.10. The van der Waals surface area contributed by atoms with Gasteiger partial charge in [-0.15, -0.1) is 0 Å². The van der Waals surface area contributed by atoms with Gasteiger partial charge in [-0.2, -0.15) is 0 Å². The molecule has 0 rings (SSSR count). The highest BCUT2D eigenvalue weighted by atomic mass is 16.5. The Kier molecular flexibility index (Phi) is 4.78. The second kappa shape index (κ2) is 5.28. The van der Waals surface area contributed by atoms with Crippen LogP contribution in [0.5, 0.6) is 0 Å². The zero-order valence-corrected chi connectivity index (χ0v) is 5.76. The van der Waals surface area contributed by atoms with Crippen LogP contribution < -0.4 is 0 Å². The predicted octanol–water partition coefficient (Wildman–Crippen LogP) is 0.640. The number of carbonyl (C=O) groups is 1. The van der Waals surface area contributed by atoms with Crippen LogP contribution in [0.15, 0.2) is 4.99 Å². The van der Waals surface area contributed by atoms with E-state index in [2.05, 4.69) is 9.73 Å². The summed E-state index contributed by atoms with van der Waals surface area (Å²) in [7, 11) is 1.35. The van der Waals surface area contributed by atoms with Crippen LogP contribution in [0.1, 0.15) is 13.3 Å². The minimum Gasteiger partial charge on any atom is -0.468 e. The highest BCUT2D eigenvalue weighted by Gasteiger charge is 1.92. The van der Waals surface area contributed by atoms with Crippen LogP contribution in [0.3, 0.4) is 0 Å². The molecule has 0 fully saturated rings.